The molecular formula is C13H27N5. The van der Waals surface area contributed by atoms with Gasteiger partial charge in [0.05, 0.1) is 11.4 Å². The monoisotopic (exact) mass is 253 g/mol. The highest BCUT2D eigenvalue weighted by Crippen LogP contribution is 2.24. The van der Waals surface area contributed by atoms with Crippen LogP contribution in [0.1, 0.15) is 26.5 Å². The average molecular weight is 253 g/mol. The number of nitrogens with two attached hydrogens (primary N) is 1. The fourth-order valence-electron chi connectivity index (χ4n) is 2.02. The van der Waals surface area contributed by atoms with E-state index in [0.29, 0.717) is 12.0 Å². The zero-order chi connectivity index (χ0) is 13.9. The van der Waals surface area contributed by atoms with E-state index in [9.17, 15) is 0 Å². The number of anilines is 2. The molecule has 0 fully saturated rings. The first-order valence-electron chi connectivity index (χ1n) is 6.59. The maximum atomic E-state index is 6.13. The third-order valence-corrected chi connectivity index (χ3v) is 3.18. The number of hydrogen-bond acceptors (Lipinski definition) is 4. The molecule has 5 heteroatoms. The normalized spacial score (nSPS) is 13.3. The molecule has 0 aromatic carbocycles. The van der Waals surface area contributed by atoms with Crippen molar-refractivity contribution in [3.05, 3.63) is 5.69 Å². The van der Waals surface area contributed by atoms with Gasteiger partial charge in [0.15, 0.2) is 0 Å². The molecule has 0 radical (unpaired) electrons. The summed E-state index contributed by atoms with van der Waals surface area (Å²) in [6.07, 6.45) is 0.862. The van der Waals surface area contributed by atoms with Gasteiger partial charge in [0.25, 0.3) is 0 Å². The van der Waals surface area contributed by atoms with Crippen molar-refractivity contribution in [3.63, 3.8) is 0 Å². The van der Waals surface area contributed by atoms with Crippen molar-refractivity contribution in [2.24, 2.45) is 13.0 Å². The van der Waals surface area contributed by atoms with Gasteiger partial charge < -0.3 is 16.0 Å². The van der Waals surface area contributed by atoms with Crippen LogP contribution in [-0.4, -0.2) is 41.4 Å². The second kappa shape index (κ2) is 6.09. The van der Waals surface area contributed by atoms with E-state index in [1.54, 1.807) is 0 Å². The van der Waals surface area contributed by atoms with E-state index in [4.69, 9.17) is 5.73 Å². The van der Waals surface area contributed by atoms with Crippen molar-refractivity contribution in [2.45, 2.75) is 33.2 Å². The molecule has 0 saturated carbocycles. The molecule has 5 nitrogen and oxygen atoms in total. The van der Waals surface area contributed by atoms with Crippen LogP contribution in [0.4, 0.5) is 11.5 Å². The molecule has 1 rings (SSSR count). The van der Waals surface area contributed by atoms with Crippen LogP contribution < -0.4 is 11.1 Å². The summed E-state index contributed by atoms with van der Waals surface area (Å²) in [4.78, 5) is 2.19. The van der Waals surface area contributed by atoms with Gasteiger partial charge in [-0.3, -0.25) is 4.68 Å². The molecule has 18 heavy (non-hydrogen) atoms. The molecule has 1 unspecified atom stereocenters. The van der Waals surface area contributed by atoms with E-state index in [1.807, 2.05) is 11.7 Å². The summed E-state index contributed by atoms with van der Waals surface area (Å²) < 4.78 is 1.85. The smallest absolute Gasteiger partial charge is 0.148 e. The van der Waals surface area contributed by atoms with Crippen molar-refractivity contribution in [2.75, 3.05) is 31.7 Å². The summed E-state index contributed by atoms with van der Waals surface area (Å²) in [6.45, 7) is 7.48. The molecule has 104 valence electrons. The minimum atomic E-state index is 0.363. The molecule has 0 spiro atoms. The molecule has 3 N–H and O–H groups in total. The van der Waals surface area contributed by atoms with Crippen LogP contribution in [0, 0.1) is 5.92 Å². The van der Waals surface area contributed by atoms with Crippen LogP contribution in [0.3, 0.4) is 0 Å². The molecule has 1 aromatic heterocycles. The molecule has 1 atom stereocenters. The van der Waals surface area contributed by atoms with Crippen LogP contribution in [0.5, 0.6) is 0 Å². The Bertz CT molecular complexity index is 381. The van der Waals surface area contributed by atoms with E-state index < -0.39 is 0 Å². The zero-order valence-electron chi connectivity index (χ0n) is 12.5. The second-order valence-electron chi connectivity index (χ2n) is 5.44. The van der Waals surface area contributed by atoms with Crippen molar-refractivity contribution in [3.8, 4) is 0 Å². The average Bonchev–Trinajstić information content (AvgIpc) is 2.54. The molecule has 0 aliphatic rings. The predicted molar refractivity (Wildman–Crippen MR) is 77.8 cm³/mol. The molecule has 0 aliphatic heterocycles. The molecule has 1 aromatic rings. The minimum absolute atomic E-state index is 0.363. The number of nitrogens with zero attached hydrogens (tertiary/aromatic N) is 3. The van der Waals surface area contributed by atoms with E-state index in [0.717, 1.165) is 30.2 Å². The van der Waals surface area contributed by atoms with E-state index in [1.165, 1.54) is 0 Å². The topological polar surface area (TPSA) is 59.1 Å². The molecule has 0 aliphatic carbocycles. The third kappa shape index (κ3) is 3.38. The maximum absolute atomic E-state index is 6.13. The standard InChI is InChI=1S/C13H27N5/c1-7-10-12(14)13(18(6)16-10)15-11(9(2)3)8-17(4)5/h9,11,15H,7-8,14H2,1-6H3. The predicted octanol–water partition coefficient (Wildman–Crippen LogP) is 1.56. The largest absolute Gasteiger partial charge is 0.394 e. The first kappa shape index (κ1) is 14.8. The highest BCUT2D eigenvalue weighted by Gasteiger charge is 2.19. The summed E-state index contributed by atoms with van der Waals surface area (Å²) in [5.74, 6) is 1.47. The quantitative estimate of drug-likeness (QED) is 0.808. The van der Waals surface area contributed by atoms with Gasteiger partial charge in [-0.25, -0.2) is 0 Å². The zero-order valence-corrected chi connectivity index (χ0v) is 12.5. The number of nitrogens with one attached hydrogen (secondary N) is 1. The summed E-state index contributed by atoms with van der Waals surface area (Å²) in [5.41, 5.74) is 7.88. The summed E-state index contributed by atoms with van der Waals surface area (Å²) in [5, 5.41) is 7.97. The molecule has 1 heterocycles. The SMILES string of the molecule is CCc1nn(C)c(NC(CN(C)C)C(C)C)c1N. The van der Waals surface area contributed by atoms with Gasteiger partial charge in [-0.15, -0.1) is 0 Å². The third-order valence-electron chi connectivity index (χ3n) is 3.18. The van der Waals surface area contributed by atoms with Crippen LogP contribution in [-0.2, 0) is 13.5 Å². The first-order valence-corrected chi connectivity index (χ1v) is 6.59. The minimum Gasteiger partial charge on any atom is -0.394 e. The van der Waals surface area contributed by atoms with Crippen molar-refractivity contribution in [1.29, 1.82) is 0 Å². The number of hydrogen-bond donors (Lipinski definition) is 2. The lowest BCUT2D eigenvalue weighted by Crippen LogP contribution is -2.37. The lowest BCUT2D eigenvalue weighted by atomic mass is 10.0. The van der Waals surface area contributed by atoms with Gasteiger partial charge in [0.2, 0.25) is 0 Å². The van der Waals surface area contributed by atoms with Gasteiger partial charge in [0.1, 0.15) is 5.82 Å². The Morgan fingerprint density at radius 2 is 2.00 bits per heavy atom. The van der Waals surface area contributed by atoms with Gasteiger partial charge in [0, 0.05) is 19.6 Å². The van der Waals surface area contributed by atoms with E-state index in [2.05, 4.69) is 50.2 Å². The fraction of sp³-hybridized carbons (Fsp3) is 0.769. The molecule has 0 amide bonds. The van der Waals surface area contributed by atoms with Gasteiger partial charge in [-0.1, -0.05) is 20.8 Å². The van der Waals surface area contributed by atoms with Gasteiger partial charge in [-0.05, 0) is 26.4 Å². The highest BCUT2D eigenvalue weighted by atomic mass is 15.3. The van der Waals surface area contributed by atoms with Crippen molar-refractivity contribution >= 4 is 11.5 Å². The van der Waals surface area contributed by atoms with Crippen LogP contribution in [0.25, 0.3) is 0 Å². The first-order chi connectivity index (χ1) is 8.36. The lowest BCUT2D eigenvalue weighted by Gasteiger charge is -2.26. The second-order valence-corrected chi connectivity index (χ2v) is 5.44. The maximum Gasteiger partial charge on any atom is 0.148 e. The Morgan fingerprint density at radius 1 is 1.39 bits per heavy atom. The van der Waals surface area contributed by atoms with Crippen molar-refractivity contribution in [1.82, 2.24) is 14.7 Å². The van der Waals surface area contributed by atoms with Crippen LogP contribution >= 0.6 is 0 Å². The van der Waals surface area contributed by atoms with E-state index >= 15 is 0 Å². The van der Waals surface area contributed by atoms with Gasteiger partial charge >= 0.3 is 0 Å². The summed E-state index contributed by atoms with van der Waals surface area (Å²) >= 11 is 0. The number of likely N-dealkylation sites (N-methyl/N-ethyl adjacent to an activating group) is 1. The summed E-state index contributed by atoms with van der Waals surface area (Å²) in [7, 11) is 6.10. The number of aryl methyl sites for hydroxylation is 2. The Labute approximate surface area is 110 Å². The van der Waals surface area contributed by atoms with Crippen LogP contribution in [0.2, 0.25) is 0 Å². The number of nitrogen functional groups attached to an aromatic ring is 1. The van der Waals surface area contributed by atoms with Gasteiger partial charge in [-0.2, -0.15) is 5.10 Å². The lowest BCUT2D eigenvalue weighted by molar-refractivity contribution is 0.343. The van der Waals surface area contributed by atoms with Crippen molar-refractivity contribution < 1.29 is 0 Å². The Balaban J connectivity index is 2.90. The molecular weight excluding hydrogens is 226 g/mol. The van der Waals surface area contributed by atoms with Crippen LogP contribution in [0.15, 0.2) is 0 Å². The van der Waals surface area contributed by atoms with E-state index in [-0.39, 0.29) is 0 Å². The molecule has 0 saturated heterocycles. The fourth-order valence-corrected chi connectivity index (χ4v) is 2.02. The molecule has 0 bridgehead atoms. The Hall–Kier alpha value is -1.23. The Morgan fingerprint density at radius 3 is 2.39 bits per heavy atom. The number of aromatic nitrogens is 2. The summed E-state index contributed by atoms with van der Waals surface area (Å²) in [6, 6.07) is 0.363. The Kier molecular flexibility index (Phi) is 5.02. The number of rotatable bonds is 6. The highest BCUT2D eigenvalue weighted by molar-refractivity contribution is 5.65.